The number of benzene rings is 2. The van der Waals surface area contributed by atoms with Crippen molar-refractivity contribution in [2.24, 2.45) is 11.8 Å². The molecule has 2 atom stereocenters. The van der Waals surface area contributed by atoms with Crippen LogP contribution < -0.4 is 10.6 Å². The van der Waals surface area contributed by atoms with Crippen LogP contribution in [0.15, 0.2) is 48.5 Å². The van der Waals surface area contributed by atoms with Gasteiger partial charge in [-0.2, -0.15) is 0 Å². The van der Waals surface area contributed by atoms with Gasteiger partial charge in [0, 0.05) is 18.4 Å². The Morgan fingerprint density at radius 3 is 2.18 bits per heavy atom. The second-order valence-electron chi connectivity index (χ2n) is 9.73. The fourth-order valence-electron chi connectivity index (χ4n) is 5.51. The van der Waals surface area contributed by atoms with E-state index in [0.717, 1.165) is 30.4 Å². The first kappa shape index (κ1) is 22.4. The molecule has 0 bridgehead atoms. The molecule has 0 saturated heterocycles. The Balaban J connectivity index is 1.17. The van der Waals surface area contributed by atoms with Crippen LogP contribution in [0.4, 0.5) is 4.79 Å². The number of amides is 2. The number of hydrogen-bond donors (Lipinski definition) is 3. The van der Waals surface area contributed by atoms with Crippen LogP contribution in [0, 0.1) is 11.8 Å². The number of ether oxygens (including phenoxy) is 1. The Kier molecular flexibility index (Phi) is 6.02. The average Bonchev–Trinajstić information content (AvgIpc) is 3.57. The second kappa shape index (κ2) is 9.12. The average molecular weight is 463 g/mol. The van der Waals surface area contributed by atoms with Crippen LogP contribution in [-0.4, -0.2) is 41.8 Å². The van der Waals surface area contributed by atoms with E-state index in [4.69, 9.17) is 4.74 Å². The summed E-state index contributed by atoms with van der Waals surface area (Å²) in [5.74, 6) is -1.50. The van der Waals surface area contributed by atoms with Gasteiger partial charge in [0.15, 0.2) is 0 Å². The molecule has 2 amide bonds. The molecule has 34 heavy (non-hydrogen) atoms. The predicted octanol–water partition coefficient (Wildman–Crippen LogP) is 4.06. The van der Waals surface area contributed by atoms with E-state index in [9.17, 15) is 19.5 Å². The number of rotatable bonds is 7. The van der Waals surface area contributed by atoms with E-state index in [1.165, 1.54) is 11.1 Å². The quantitative estimate of drug-likeness (QED) is 0.576. The third-order valence-corrected chi connectivity index (χ3v) is 7.62. The van der Waals surface area contributed by atoms with E-state index in [1.54, 1.807) is 0 Å². The Bertz CT molecular complexity index is 1060. The number of fused-ring (bicyclic) bond motifs is 3. The monoisotopic (exact) mass is 462 g/mol. The summed E-state index contributed by atoms with van der Waals surface area (Å²) in [6.45, 7) is 0.588. The van der Waals surface area contributed by atoms with E-state index in [0.29, 0.717) is 25.8 Å². The molecule has 2 fully saturated rings. The van der Waals surface area contributed by atoms with Gasteiger partial charge in [0.1, 0.15) is 12.1 Å². The third kappa shape index (κ3) is 4.27. The molecule has 0 aliphatic heterocycles. The molecule has 3 N–H and O–H groups in total. The summed E-state index contributed by atoms with van der Waals surface area (Å²) in [5, 5.41) is 15.0. The molecule has 3 aliphatic rings. The first-order valence-corrected chi connectivity index (χ1v) is 12.1. The number of hydrogen-bond acceptors (Lipinski definition) is 4. The van der Waals surface area contributed by atoms with Crippen LogP contribution in [0.2, 0.25) is 0 Å². The summed E-state index contributed by atoms with van der Waals surface area (Å²) in [7, 11) is 0. The molecule has 2 unspecified atom stereocenters. The van der Waals surface area contributed by atoms with Gasteiger partial charge in [0.25, 0.3) is 0 Å². The summed E-state index contributed by atoms with van der Waals surface area (Å²) < 4.78 is 5.62. The predicted molar refractivity (Wildman–Crippen MR) is 126 cm³/mol. The van der Waals surface area contributed by atoms with Gasteiger partial charge < -0.3 is 20.5 Å². The van der Waals surface area contributed by atoms with Gasteiger partial charge in [-0.25, -0.2) is 9.59 Å². The lowest BCUT2D eigenvalue weighted by Gasteiger charge is -2.31. The van der Waals surface area contributed by atoms with E-state index in [1.807, 2.05) is 24.3 Å². The Morgan fingerprint density at radius 2 is 1.56 bits per heavy atom. The summed E-state index contributed by atoms with van der Waals surface area (Å²) in [6.07, 6.45) is 3.91. The SMILES string of the molecule is O=C(NCC1CCCCC1C(=O)NC1(C(=O)O)CC1)OCC1c2ccccc2-c2ccccc21. The summed E-state index contributed by atoms with van der Waals surface area (Å²) in [5.41, 5.74) is 3.59. The first-order valence-electron chi connectivity index (χ1n) is 12.1. The topological polar surface area (TPSA) is 105 Å². The van der Waals surface area contributed by atoms with Crippen molar-refractivity contribution in [2.45, 2.75) is 50.0 Å². The number of aliphatic carboxylic acids is 1. The molecule has 0 heterocycles. The maximum atomic E-state index is 12.8. The zero-order valence-electron chi connectivity index (χ0n) is 19.1. The van der Waals surface area contributed by atoms with Crippen LogP contribution in [0.5, 0.6) is 0 Å². The minimum Gasteiger partial charge on any atom is -0.480 e. The van der Waals surface area contributed by atoms with Gasteiger partial charge in [-0.1, -0.05) is 61.4 Å². The lowest BCUT2D eigenvalue weighted by Crippen LogP contribution is -2.49. The second-order valence-corrected chi connectivity index (χ2v) is 9.73. The number of carboxylic acids is 1. The molecule has 0 spiro atoms. The molecule has 178 valence electrons. The van der Waals surface area contributed by atoms with Crippen molar-refractivity contribution in [2.75, 3.05) is 13.2 Å². The Morgan fingerprint density at radius 1 is 0.941 bits per heavy atom. The molecule has 5 rings (SSSR count). The minimum absolute atomic E-state index is 0.00268. The van der Waals surface area contributed by atoms with E-state index in [2.05, 4.69) is 34.9 Å². The van der Waals surface area contributed by atoms with E-state index in [-0.39, 0.29) is 30.3 Å². The zero-order valence-corrected chi connectivity index (χ0v) is 19.1. The fourth-order valence-corrected chi connectivity index (χ4v) is 5.51. The highest BCUT2D eigenvalue weighted by atomic mass is 16.5. The molecule has 2 aromatic carbocycles. The summed E-state index contributed by atoms with van der Waals surface area (Å²) in [4.78, 5) is 36.8. The van der Waals surface area contributed by atoms with E-state index >= 15 is 0 Å². The molecular formula is C27H30N2O5. The molecular weight excluding hydrogens is 432 g/mol. The van der Waals surface area contributed by atoms with Crippen molar-refractivity contribution in [1.82, 2.24) is 10.6 Å². The van der Waals surface area contributed by atoms with Crippen LogP contribution in [0.25, 0.3) is 11.1 Å². The number of alkyl carbamates (subject to hydrolysis) is 1. The largest absolute Gasteiger partial charge is 0.480 e. The van der Waals surface area contributed by atoms with Crippen molar-refractivity contribution < 1.29 is 24.2 Å². The lowest BCUT2D eigenvalue weighted by molar-refractivity contribution is -0.144. The summed E-state index contributed by atoms with van der Waals surface area (Å²) in [6, 6.07) is 16.4. The van der Waals surface area contributed by atoms with Gasteiger partial charge in [-0.3, -0.25) is 4.79 Å². The molecule has 7 nitrogen and oxygen atoms in total. The normalized spacial score (nSPS) is 22.2. The van der Waals surface area contributed by atoms with Gasteiger partial charge >= 0.3 is 12.1 Å². The van der Waals surface area contributed by atoms with Crippen molar-refractivity contribution in [3.63, 3.8) is 0 Å². The molecule has 0 aromatic heterocycles. The van der Waals surface area contributed by atoms with Gasteiger partial charge in [0.2, 0.25) is 5.91 Å². The van der Waals surface area contributed by atoms with Crippen LogP contribution in [0.1, 0.15) is 55.6 Å². The van der Waals surface area contributed by atoms with Crippen LogP contribution in [0.3, 0.4) is 0 Å². The molecule has 0 radical (unpaired) electrons. The first-order chi connectivity index (χ1) is 16.5. The number of nitrogens with one attached hydrogen (secondary N) is 2. The smallest absolute Gasteiger partial charge is 0.407 e. The van der Waals surface area contributed by atoms with Crippen molar-refractivity contribution in [3.05, 3.63) is 59.7 Å². The zero-order chi connectivity index (χ0) is 23.7. The number of carboxylic acid groups (broad SMARTS) is 1. The maximum absolute atomic E-state index is 12.8. The van der Waals surface area contributed by atoms with Crippen LogP contribution >= 0.6 is 0 Å². The highest BCUT2D eigenvalue weighted by Crippen LogP contribution is 2.44. The lowest BCUT2D eigenvalue weighted by atomic mass is 9.78. The fraction of sp³-hybridized carbons (Fsp3) is 0.444. The highest BCUT2D eigenvalue weighted by molar-refractivity contribution is 5.90. The highest BCUT2D eigenvalue weighted by Gasteiger charge is 2.52. The van der Waals surface area contributed by atoms with Gasteiger partial charge in [-0.05, 0) is 53.9 Å². The van der Waals surface area contributed by atoms with Crippen molar-refractivity contribution >= 4 is 18.0 Å². The Labute approximate surface area is 198 Å². The summed E-state index contributed by atoms with van der Waals surface area (Å²) >= 11 is 0. The van der Waals surface area contributed by atoms with E-state index < -0.39 is 17.6 Å². The maximum Gasteiger partial charge on any atom is 0.407 e. The van der Waals surface area contributed by atoms with Crippen molar-refractivity contribution in [1.29, 1.82) is 0 Å². The molecule has 3 aliphatic carbocycles. The number of carbonyl (C=O) groups is 3. The van der Waals surface area contributed by atoms with Gasteiger partial charge in [0.05, 0.1) is 0 Å². The Hall–Kier alpha value is -3.35. The standard InChI is InChI=1S/C27H30N2O5/c30-24(29-27(13-14-27)25(31)32)18-8-2-1-7-17(18)15-28-26(33)34-16-23-21-11-5-3-9-19(21)20-10-4-6-12-22(20)23/h3-6,9-12,17-18,23H,1-2,7-8,13-16H2,(H,28,33)(H,29,30)(H,31,32). The molecule has 2 aromatic rings. The number of carbonyl (C=O) groups excluding carboxylic acids is 2. The third-order valence-electron chi connectivity index (χ3n) is 7.62. The van der Waals surface area contributed by atoms with Crippen molar-refractivity contribution in [3.8, 4) is 11.1 Å². The van der Waals surface area contributed by atoms with Crippen LogP contribution in [-0.2, 0) is 14.3 Å². The van der Waals surface area contributed by atoms with Gasteiger partial charge in [-0.15, -0.1) is 0 Å². The minimum atomic E-state index is -1.08. The molecule has 2 saturated carbocycles. The molecule has 7 heteroatoms.